The highest BCUT2D eigenvalue weighted by atomic mass is 16.3. The van der Waals surface area contributed by atoms with Crippen LogP contribution in [-0.2, 0) is 0 Å². The van der Waals surface area contributed by atoms with Crippen LogP contribution < -0.4 is 0 Å². The zero-order valence-corrected chi connectivity index (χ0v) is 16.1. The number of furan rings is 1. The lowest BCUT2D eigenvalue weighted by Gasteiger charge is -2.15. The Bertz CT molecular complexity index is 1180. The van der Waals surface area contributed by atoms with Gasteiger partial charge in [0.25, 0.3) is 0 Å². The van der Waals surface area contributed by atoms with Gasteiger partial charge in [-0.1, -0.05) is 52.0 Å². The van der Waals surface area contributed by atoms with Gasteiger partial charge in [0, 0.05) is 28.1 Å². The van der Waals surface area contributed by atoms with E-state index in [1.807, 2.05) is 30.3 Å². The van der Waals surface area contributed by atoms with Crippen molar-refractivity contribution in [3.63, 3.8) is 0 Å². The Kier molecular flexibility index (Phi) is 4.20. The number of rotatable bonds is 3. The summed E-state index contributed by atoms with van der Waals surface area (Å²) in [6.45, 7) is 16.3. The van der Waals surface area contributed by atoms with E-state index in [0.29, 0.717) is 0 Å². The molecule has 0 unspecified atom stereocenters. The molecule has 4 aromatic rings. The second-order valence-electron chi connectivity index (χ2n) is 7.53. The lowest BCUT2D eigenvalue weighted by molar-refractivity contribution is 0.658. The first-order valence-electron chi connectivity index (χ1n) is 9.33. The van der Waals surface area contributed by atoms with Gasteiger partial charge in [0.15, 0.2) is 5.69 Å². The Hall–Kier alpha value is -3.12. The molecule has 0 bridgehead atoms. The first kappa shape index (κ1) is 17.3. The van der Waals surface area contributed by atoms with Crippen molar-refractivity contribution in [3.05, 3.63) is 71.2 Å². The van der Waals surface area contributed by atoms with E-state index >= 15 is 0 Å². The Labute approximate surface area is 159 Å². The Morgan fingerprint density at radius 2 is 1.74 bits per heavy atom. The number of fused-ring (bicyclic) bond motifs is 3. The number of pyridine rings is 1. The molecular formula is C24H22N2O. The predicted octanol–water partition coefficient (Wildman–Crippen LogP) is 7.45. The largest absolute Gasteiger partial charge is 0.456 e. The minimum atomic E-state index is 0.203. The highest BCUT2D eigenvalue weighted by Crippen LogP contribution is 2.45. The van der Waals surface area contributed by atoms with Crippen LogP contribution in [0.2, 0.25) is 0 Å². The first-order chi connectivity index (χ1) is 13.0. The SMILES string of the molecule is [C-]#[N+]c1c(C(C)C)cc2c(oc3c(-c4ccccn4)cccc32)c1C(C)C. The Balaban J connectivity index is 2.17. The van der Waals surface area contributed by atoms with Gasteiger partial charge in [-0.2, -0.15) is 0 Å². The predicted molar refractivity (Wildman–Crippen MR) is 111 cm³/mol. The van der Waals surface area contributed by atoms with Gasteiger partial charge in [0.05, 0.1) is 12.3 Å². The number of aromatic nitrogens is 1. The van der Waals surface area contributed by atoms with Crippen LogP contribution in [0.3, 0.4) is 0 Å². The molecule has 0 spiro atoms. The summed E-state index contributed by atoms with van der Waals surface area (Å²) in [7, 11) is 0. The van der Waals surface area contributed by atoms with Crippen LogP contribution in [-0.4, -0.2) is 4.98 Å². The summed E-state index contributed by atoms with van der Waals surface area (Å²) < 4.78 is 6.42. The van der Waals surface area contributed by atoms with Crippen molar-refractivity contribution < 1.29 is 4.42 Å². The molecule has 2 heterocycles. The van der Waals surface area contributed by atoms with Crippen LogP contribution in [0.15, 0.2) is 53.1 Å². The molecule has 0 atom stereocenters. The Morgan fingerprint density at radius 1 is 0.926 bits per heavy atom. The zero-order chi connectivity index (χ0) is 19.1. The highest BCUT2D eigenvalue weighted by molar-refractivity contribution is 6.11. The summed E-state index contributed by atoms with van der Waals surface area (Å²) >= 11 is 0. The lowest BCUT2D eigenvalue weighted by atomic mass is 9.90. The standard InChI is InChI=1S/C24H22N2O/c1-14(2)18-13-19-16-9-8-10-17(20-11-6-7-12-26-20)23(16)27-24(19)21(15(3)4)22(18)25-5/h6-15H,1-4H3. The lowest BCUT2D eigenvalue weighted by Crippen LogP contribution is -1.95. The normalized spacial score (nSPS) is 11.6. The van der Waals surface area contributed by atoms with E-state index in [1.54, 1.807) is 6.20 Å². The third-order valence-corrected chi connectivity index (χ3v) is 5.08. The zero-order valence-electron chi connectivity index (χ0n) is 16.1. The molecule has 0 aliphatic carbocycles. The summed E-state index contributed by atoms with van der Waals surface area (Å²) in [5.74, 6) is 0.481. The molecule has 0 aliphatic rings. The van der Waals surface area contributed by atoms with Crippen LogP contribution in [0.4, 0.5) is 5.69 Å². The maximum atomic E-state index is 7.77. The van der Waals surface area contributed by atoms with E-state index in [9.17, 15) is 0 Å². The number of para-hydroxylation sites is 1. The average Bonchev–Trinajstić information content (AvgIpc) is 3.05. The van der Waals surface area contributed by atoms with E-state index in [0.717, 1.165) is 50.0 Å². The molecule has 0 saturated heterocycles. The monoisotopic (exact) mass is 354 g/mol. The summed E-state index contributed by atoms with van der Waals surface area (Å²) in [5.41, 5.74) is 6.38. The van der Waals surface area contributed by atoms with Gasteiger partial charge in [-0.3, -0.25) is 4.98 Å². The molecule has 0 saturated carbocycles. The minimum Gasteiger partial charge on any atom is -0.456 e. The summed E-state index contributed by atoms with van der Waals surface area (Å²) in [4.78, 5) is 8.39. The van der Waals surface area contributed by atoms with Crippen LogP contribution >= 0.6 is 0 Å². The van der Waals surface area contributed by atoms with Crippen LogP contribution in [0.1, 0.15) is 50.7 Å². The number of benzene rings is 2. The van der Waals surface area contributed by atoms with Crippen molar-refractivity contribution in [2.75, 3.05) is 0 Å². The second-order valence-corrected chi connectivity index (χ2v) is 7.53. The van der Waals surface area contributed by atoms with Gasteiger partial charge in [0.2, 0.25) is 0 Å². The molecule has 3 heteroatoms. The minimum absolute atomic E-state index is 0.203. The van der Waals surface area contributed by atoms with Crippen LogP contribution in [0.5, 0.6) is 0 Å². The van der Waals surface area contributed by atoms with Crippen LogP contribution in [0, 0.1) is 6.57 Å². The van der Waals surface area contributed by atoms with Gasteiger partial charge in [-0.05, 0) is 35.6 Å². The summed E-state index contributed by atoms with van der Waals surface area (Å²) in [5, 5.41) is 2.16. The average molecular weight is 354 g/mol. The molecule has 2 aromatic heterocycles. The first-order valence-corrected chi connectivity index (χ1v) is 9.33. The smallest absolute Gasteiger partial charge is 0.197 e. The third-order valence-electron chi connectivity index (χ3n) is 5.08. The molecular weight excluding hydrogens is 332 g/mol. The third kappa shape index (κ3) is 2.69. The van der Waals surface area contributed by atoms with Gasteiger partial charge < -0.3 is 4.42 Å². The molecule has 0 radical (unpaired) electrons. The fourth-order valence-electron chi connectivity index (χ4n) is 3.79. The van der Waals surface area contributed by atoms with E-state index < -0.39 is 0 Å². The van der Waals surface area contributed by atoms with Crippen LogP contribution in [0.25, 0.3) is 38.0 Å². The van der Waals surface area contributed by atoms with Crippen molar-refractivity contribution in [1.29, 1.82) is 0 Å². The summed E-state index contributed by atoms with van der Waals surface area (Å²) in [6, 6.07) is 14.2. The number of nitrogens with zero attached hydrogens (tertiary/aromatic N) is 2. The van der Waals surface area contributed by atoms with E-state index in [4.69, 9.17) is 11.0 Å². The van der Waals surface area contributed by atoms with Gasteiger partial charge in [0.1, 0.15) is 11.2 Å². The van der Waals surface area contributed by atoms with E-state index in [2.05, 4.69) is 49.7 Å². The number of hydrogen-bond acceptors (Lipinski definition) is 2. The van der Waals surface area contributed by atoms with E-state index in [-0.39, 0.29) is 11.8 Å². The molecule has 4 rings (SSSR count). The second kappa shape index (κ2) is 6.55. The van der Waals surface area contributed by atoms with Crippen molar-refractivity contribution >= 4 is 27.6 Å². The quantitative estimate of drug-likeness (QED) is 0.358. The molecule has 27 heavy (non-hydrogen) atoms. The molecule has 0 N–H and O–H groups in total. The number of hydrogen-bond donors (Lipinski definition) is 0. The van der Waals surface area contributed by atoms with Gasteiger partial charge in [-0.25, -0.2) is 4.85 Å². The fraction of sp³-hybridized carbons (Fsp3) is 0.250. The van der Waals surface area contributed by atoms with Crippen molar-refractivity contribution in [1.82, 2.24) is 4.98 Å². The van der Waals surface area contributed by atoms with Gasteiger partial charge >= 0.3 is 0 Å². The molecule has 0 fully saturated rings. The maximum Gasteiger partial charge on any atom is 0.197 e. The highest BCUT2D eigenvalue weighted by Gasteiger charge is 2.23. The maximum absolute atomic E-state index is 7.77. The fourth-order valence-corrected chi connectivity index (χ4v) is 3.79. The Morgan fingerprint density at radius 3 is 2.37 bits per heavy atom. The topological polar surface area (TPSA) is 30.4 Å². The van der Waals surface area contributed by atoms with Crippen molar-refractivity contribution in [2.24, 2.45) is 0 Å². The van der Waals surface area contributed by atoms with E-state index in [1.165, 1.54) is 0 Å². The van der Waals surface area contributed by atoms with Crippen molar-refractivity contribution in [2.45, 2.75) is 39.5 Å². The summed E-state index contributed by atoms with van der Waals surface area (Å²) in [6.07, 6.45) is 1.80. The van der Waals surface area contributed by atoms with Crippen molar-refractivity contribution in [3.8, 4) is 11.3 Å². The molecule has 2 aromatic carbocycles. The van der Waals surface area contributed by atoms with Gasteiger partial charge in [-0.15, -0.1) is 0 Å². The molecule has 0 aliphatic heterocycles. The molecule has 0 amide bonds. The molecule has 3 nitrogen and oxygen atoms in total. The molecule has 134 valence electrons.